The van der Waals surface area contributed by atoms with E-state index in [-0.39, 0.29) is 11.2 Å². The highest BCUT2D eigenvalue weighted by Crippen LogP contribution is 2.30. The molecule has 2 atom stereocenters. The van der Waals surface area contributed by atoms with Crippen LogP contribution in [0.3, 0.4) is 0 Å². The van der Waals surface area contributed by atoms with Crippen molar-refractivity contribution in [2.24, 2.45) is 5.92 Å². The fraction of sp³-hybridized carbons (Fsp3) is 0.938. The molecule has 4 heteroatoms. The lowest BCUT2D eigenvalue weighted by Crippen LogP contribution is -2.31. The van der Waals surface area contributed by atoms with Gasteiger partial charge in [-0.2, -0.15) is 0 Å². The van der Waals surface area contributed by atoms with Crippen molar-refractivity contribution in [1.82, 2.24) is 0 Å². The molecule has 0 aromatic rings. The molecule has 0 aromatic carbocycles. The van der Waals surface area contributed by atoms with Crippen molar-refractivity contribution in [2.45, 2.75) is 82.8 Å². The summed E-state index contributed by atoms with van der Waals surface area (Å²) >= 11 is 0. The van der Waals surface area contributed by atoms with Gasteiger partial charge in [0.1, 0.15) is 15.6 Å². The second-order valence-corrected chi connectivity index (χ2v) is 8.62. The van der Waals surface area contributed by atoms with Crippen LogP contribution < -0.4 is 0 Å². The number of unbranched alkanes of at least 4 members (excludes halogenated alkanes) is 5. The van der Waals surface area contributed by atoms with Gasteiger partial charge in [-0.25, -0.2) is 8.42 Å². The van der Waals surface area contributed by atoms with Crippen molar-refractivity contribution in [3.8, 4) is 0 Å². The molecule has 118 valence electrons. The minimum absolute atomic E-state index is 0.000818. The van der Waals surface area contributed by atoms with Crippen LogP contribution in [0.5, 0.6) is 0 Å². The summed E-state index contributed by atoms with van der Waals surface area (Å²) in [5.74, 6) is 0.299. The lowest BCUT2D eigenvalue weighted by atomic mass is 9.84. The predicted molar refractivity (Wildman–Crippen MR) is 83.6 cm³/mol. The zero-order valence-electron chi connectivity index (χ0n) is 13.1. The lowest BCUT2D eigenvalue weighted by Gasteiger charge is -2.27. The number of sulfone groups is 1. The van der Waals surface area contributed by atoms with Crippen LogP contribution >= 0.6 is 0 Å². The summed E-state index contributed by atoms with van der Waals surface area (Å²) < 4.78 is 23.2. The first-order valence-electron chi connectivity index (χ1n) is 8.16. The Morgan fingerprint density at radius 2 is 1.70 bits per heavy atom. The molecule has 2 unspecified atom stereocenters. The Balaban J connectivity index is 2.26. The molecule has 0 saturated heterocycles. The first kappa shape index (κ1) is 17.7. The van der Waals surface area contributed by atoms with E-state index >= 15 is 0 Å². The third-order valence-electron chi connectivity index (χ3n) is 4.46. The number of hydrogen-bond donors (Lipinski definition) is 0. The average molecular weight is 302 g/mol. The third kappa shape index (κ3) is 6.38. The molecule has 0 bridgehead atoms. The highest BCUT2D eigenvalue weighted by Gasteiger charge is 2.31. The van der Waals surface area contributed by atoms with E-state index in [2.05, 4.69) is 6.92 Å². The van der Waals surface area contributed by atoms with E-state index in [0.717, 1.165) is 32.1 Å². The Bertz CT molecular complexity index is 387. The van der Waals surface area contributed by atoms with Gasteiger partial charge in [-0.15, -0.1) is 0 Å². The van der Waals surface area contributed by atoms with Gasteiger partial charge in [0.15, 0.2) is 0 Å². The minimum atomic E-state index is -2.98. The number of rotatable bonds is 9. The molecule has 0 heterocycles. The second-order valence-electron chi connectivity index (χ2n) is 6.30. The van der Waals surface area contributed by atoms with Crippen molar-refractivity contribution >= 4 is 15.6 Å². The van der Waals surface area contributed by atoms with Gasteiger partial charge < -0.3 is 0 Å². The van der Waals surface area contributed by atoms with E-state index in [9.17, 15) is 13.2 Å². The molecule has 0 aliphatic heterocycles. The number of carbonyl (C=O) groups is 1. The largest absolute Gasteiger partial charge is 0.299 e. The molecule has 0 amide bonds. The quantitative estimate of drug-likeness (QED) is 0.607. The third-order valence-corrected chi connectivity index (χ3v) is 6.10. The first-order valence-corrected chi connectivity index (χ1v) is 10.1. The van der Waals surface area contributed by atoms with Gasteiger partial charge in [-0.1, -0.05) is 45.4 Å². The normalized spacial score (nSPS) is 23.7. The summed E-state index contributed by atoms with van der Waals surface area (Å²) in [4.78, 5) is 12.2. The Hall–Kier alpha value is -0.380. The molecular formula is C16H30O3S. The number of carbonyl (C=O) groups excluding carboxylic acids is 1. The number of ketones is 1. The second kappa shape index (κ2) is 8.81. The number of hydrogen-bond acceptors (Lipinski definition) is 3. The average Bonchev–Trinajstić information content (AvgIpc) is 2.41. The van der Waals surface area contributed by atoms with Crippen molar-refractivity contribution in [2.75, 3.05) is 6.26 Å². The smallest absolute Gasteiger partial charge is 0.150 e. The van der Waals surface area contributed by atoms with Crippen molar-refractivity contribution < 1.29 is 13.2 Å². The van der Waals surface area contributed by atoms with Crippen LogP contribution in [-0.4, -0.2) is 25.7 Å². The van der Waals surface area contributed by atoms with Gasteiger partial charge in [-0.05, 0) is 25.7 Å². The molecule has 0 spiro atoms. The van der Waals surface area contributed by atoms with Crippen LogP contribution in [0.25, 0.3) is 0 Å². The van der Waals surface area contributed by atoms with Crippen LogP contribution in [0.1, 0.15) is 77.6 Å². The molecule has 1 fully saturated rings. The molecule has 0 aromatic heterocycles. The van der Waals surface area contributed by atoms with Gasteiger partial charge in [0.25, 0.3) is 0 Å². The number of Topliss-reactive ketones (excluding diaryl/α,β-unsaturated/α-hetero) is 1. The molecule has 0 N–H and O–H groups in total. The molecule has 0 radical (unpaired) electrons. The highest BCUT2D eigenvalue weighted by molar-refractivity contribution is 7.91. The SMILES string of the molecule is CCCCCCCCC(=O)C1CCCC(S(C)(=O)=O)C1. The van der Waals surface area contributed by atoms with E-state index in [1.165, 1.54) is 31.9 Å². The summed E-state index contributed by atoms with van der Waals surface area (Å²) in [5.41, 5.74) is 0. The standard InChI is InChI=1S/C16H30O3S/c1-3-4-5-6-7-8-12-16(17)14-10-9-11-15(13-14)20(2,18)19/h14-15H,3-13H2,1-2H3. The van der Waals surface area contributed by atoms with Crippen molar-refractivity contribution in [1.29, 1.82) is 0 Å². The Kier molecular flexibility index (Phi) is 7.78. The monoisotopic (exact) mass is 302 g/mol. The molecule has 1 aliphatic rings. The molecule has 1 aliphatic carbocycles. The van der Waals surface area contributed by atoms with Crippen LogP contribution in [0, 0.1) is 5.92 Å². The molecular weight excluding hydrogens is 272 g/mol. The minimum Gasteiger partial charge on any atom is -0.299 e. The summed E-state index contributed by atoms with van der Waals surface area (Å²) in [5, 5.41) is -0.283. The van der Waals surface area contributed by atoms with Crippen LogP contribution in [0.2, 0.25) is 0 Å². The van der Waals surface area contributed by atoms with E-state index in [1.54, 1.807) is 0 Å². The molecule has 3 nitrogen and oxygen atoms in total. The maximum atomic E-state index is 12.2. The highest BCUT2D eigenvalue weighted by atomic mass is 32.2. The van der Waals surface area contributed by atoms with Gasteiger partial charge in [0.05, 0.1) is 5.25 Å². The topological polar surface area (TPSA) is 51.2 Å². The maximum absolute atomic E-state index is 12.2. The Morgan fingerprint density at radius 3 is 2.35 bits per heavy atom. The summed E-state index contributed by atoms with van der Waals surface area (Å²) in [6.45, 7) is 2.20. The molecule has 20 heavy (non-hydrogen) atoms. The van der Waals surface area contributed by atoms with Crippen molar-refractivity contribution in [3.05, 3.63) is 0 Å². The first-order chi connectivity index (χ1) is 9.45. The van der Waals surface area contributed by atoms with E-state index in [4.69, 9.17) is 0 Å². The predicted octanol–water partition coefficient (Wildman–Crippen LogP) is 3.91. The molecule has 1 saturated carbocycles. The Labute approximate surface area is 124 Å². The zero-order valence-corrected chi connectivity index (χ0v) is 13.9. The van der Waals surface area contributed by atoms with Gasteiger partial charge in [0.2, 0.25) is 0 Å². The van der Waals surface area contributed by atoms with Gasteiger partial charge in [0, 0.05) is 18.6 Å². The van der Waals surface area contributed by atoms with E-state index < -0.39 is 9.84 Å². The van der Waals surface area contributed by atoms with Crippen LogP contribution in [0.15, 0.2) is 0 Å². The summed E-state index contributed by atoms with van der Waals surface area (Å²) in [6.07, 6.45) is 12.1. The maximum Gasteiger partial charge on any atom is 0.150 e. The summed E-state index contributed by atoms with van der Waals surface area (Å²) in [6, 6.07) is 0. The van der Waals surface area contributed by atoms with Crippen LogP contribution in [0.4, 0.5) is 0 Å². The molecule has 1 rings (SSSR count). The van der Waals surface area contributed by atoms with Crippen molar-refractivity contribution in [3.63, 3.8) is 0 Å². The van der Waals surface area contributed by atoms with Crippen LogP contribution in [-0.2, 0) is 14.6 Å². The van der Waals surface area contributed by atoms with E-state index in [0.29, 0.717) is 18.6 Å². The van der Waals surface area contributed by atoms with Gasteiger partial charge >= 0.3 is 0 Å². The Morgan fingerprint density at radius 1 is 1.05 bits per heavy atom. The van der Waals surface area contributed by atoms with Gasteiger partial charge in [-0.3, -0.25) is 4.79 Å². The summed E-state index contributed by atoms with van der Waals surface area (Å²) in [7, 11) is -2.98. The zero-order chi connectivity index (χ0) is 15.0. The fourth-order valence-corrected chi connectivity index (χ4v) is 4.29. The van der Waals surface area contributed by atoms with E-state index in [1.807, 2.05) is 0 Å². The fourth-order valence-electron chi connectivity index (χ4n) is 3.11. The lowest BCUT2D eigenvalue weighted by molar-refractivity contribution is -0.123.